The number of carboxylic acid groups (broad SMARTS) is 1. The topological polar surface area (TPSA) is 345 Å². The molecule has 1 aromatic carbocycles. The molecular formula is C38H56N10O12S. The summed E-state index contributed by atoms with van der Waals surface area (Å²) in [5.41, 5.74) is 7.41. The molecule has 23 heteroatoms. The van der Waals surface area contributed by atoms with Crippen LogP contribution < -0.4 is 53.7 Å². The second-order valence-electron chi connectivity index (χ2n) is 14.7. The van der Waals surface area contributed by atoms with Crippen LogP contribution in [0.2, 0.25) is 0 Å². The van der Waals surface area contributed by atoms with Crippen molar-refractivity contribution in [3.63, 3.8) is 0 Å². The van der Waals surface area contributed by atoms with Crippen LogP contribution in [0.5, 0.6) is 0 Å². The Morgan fingerprint density at radius 2 is 1.51 bits per heavy atom. The molecule has 0 saturated carbocycles. The highest BCUT2D eigenvalue weighted by Gasteiger charge is 2.42. The van der Waals surface area contributed by atoms with Crippen molar-refractivity contribution >= 4 is 71.0 Å². The first-order valence-corrected chi connectivity index (χ1v) is 21.0. The zero-order valence-corrected chi connectivity index (χ0v) is 34.6. The lowest BCUT2D eigenvalue weighted by atomic mass is 9.99. The lowest BCUT2D eigenvalue weighted by Gasteiger charge is -2.22. The monoisotopic (exact) mass is 876 g/mol. The number of hydroxylamine groups is 1. The van der Waals surface area contributed by atoms with Gasteiger partial charge in [0, 0.05) is 36.8 Å². The van der Waals surface area contributed by atoms with Gasteiger partial charge < -0.3 is 53.4 Å². The van der Waals surface area contributed by atoms with E-state index >= 15 is 0 Å². The molecule has 0 bridgehead atoms. The number of carboxylic acids is 1. The minimum Gasteiger partial charge on any atom is -0.481 e. The lowest BCUT2D eigenvalue weighted by Crippen LogP contribution is -2.55. The Hall–Kier alpha value is -5.97. The molecule has 2 aliphatic rings. The summed E-state index contributed by atoms with van der Waals surface area (Å²) in [6, 6.07) is 5.08. The van der Waals surface area contributed by atoms with Crippen LogP contribution in [0.15, 0.2) is 30.3 Å². The molecule has 2 heterocycles. The van der Waals surface area contributed by atoms with Crippen LogP contribution in [-0.2, 0) is 49.6 Å². The van der Waals surface area contributed by atoms with Gasteiger partial charge in [-0.2, -0.15) is 11.8 Å². The third-order valence-electron chi connectivity index (χ3n) is 9.89. The number of thioether (sulfide) groups is 1. The smallest absolute Gasteiger partial charge is 0.315 e. The highest BCUT2D eigenvalue weighted by atomic mass is 32.2. The third kappa shape index (κ3) is 18.0. The highest BCUT2D eigenvalue weighted by molar-refractivity contribution is 8.00. The van der Waals surface area contributed by atoms with Gasteiger partial charge >= 0.3 is 12.0 Å². The number of nitrogens with one attached hydrogen (secondary N) is 9. The summed E-state index contributed by atoms with van der Waals surface area (Å²) >= 11 is 1.83. The van der Waals surface area contributed by atoms with E-state index in [1.54, 1.807) is 30.3 Å². The van der Waals surface area contributed by atoms with Gasteiger partial charge in [0.1, 0.15) is 18.1 Å². The fourth-order valence-corrected chi connectivity index (χ4v) is 8.16. The minimum atomic E-state index is -1.42. The van der Waals surface area contributed by atoms with Crippen LogP contribution >= 0.6 is 11.8 Å². The minimum absolute atomic E-state index is 0.0369. The van der Waals surface area contributed by atoms with Gasteiger partial charge in [-0.3, -0.25) is 48.4 Å². The van der Waals surface area contributed by atoms with Crippen LogP contribution in [0.4, 0.5) is 4.79 Å². The van der Waals surface area contributed by atoms with Crippen molar-refractivity contribution in [2.45, 2.75) is 107 Å². The molecule has 1 unspecified atom stereocenters. The molecule has 10 amide bonds. The quantitative estimate of drug-likeness (QED) is 0.0187. The van der Waals surface area contributed by atoms with Crippen molar-refractivity contribution in [2.24, 2.45) is 11.7 Å². The summed E-state index contributed by atoms with van der Waals surface area (Å²) < 4.78 is 0. The van der Waals surface area contributed by atoms with E-state index in [0.29, 0.717) is 43.0 Å². The van der Waals surface area contributed by atoms with Gasteiger partial charge in [0.2, 0.25) is 47.3 Å². The van der Waals surface area contributed by atoms with E-state index in [-0.39, 0.29) is 36.9 Å². The molecule has 1 aromatic rings. The van der Waals surface area contributed by atoms with E-state index in [1.165, 1.54) is 12.4 Å². The number of aliphatic carboxylic acids is 1. The predicted octanol–water partition coefficient (Wildman–Crippen LogP) is -2.58. The van der Waals surface area contributed by atoms with Crippen LogP contribution in [0.3, 0.4) is 0 Å². The van der Waals surface area contributed by atoms with Crippen molar-refractivity contribution in [1.29, 1.82) is 0 Å². The molecule has 0 aromatic heterocycles. The maximum Gasteiger partial charge on any atom is 0.315 e. The third-order valence-corrected chi connectivity index (χ3v) is 11.4. The number of carbonyl (C=O) groups is 10. The number of hydrogen-bond donors (Lipinski definition) is 12. The number of amides is 10. The normalized spacial score (nSPS) is 18.3. The van der Waals surface area contributed by atoms with E-state index in [1.807, 2.05) is 11.8 Å². The lowest BCUT2D eigenvalue weighted by molar-refractivity contribution is -0.143. The number of hydrogen-bond acceptors (Lipinski definition) is 12. The van der Waals surface area contributed by atoms with E-state index in [2.05, 4.69) is 42.5 Å². The molecule has 7 atom stereocenters. The number of urea groups is 1. The summed E-state index contributed by atoms with van der Waals surface area (Å²) in [5, 5.41) is 38.9. The maximum absolute atomic E-state index is 13.2. The first kappa shape index (κ1) is 49.4. The number of benzene rings is 1. The van der Waals surface area contributed by atoms with Crippen molar-refractivity contribution < 1.29 is 58.3 Å². The zero-order chi connectivity index (χ0) is 44.9. The summed E-state index contributed by atoms with van der Waals surface area (Å²) in [5.74, 6) is -7.93. The summed E-state index contributed by atoms with van der Waals surface area (Å²) in [4.78, 5) is 123. The summed E-state index contributed by atoms with van der Waals surface area (Å²) in [6.45, 7) is 0.480. The molecule has 2 fully saturated rings. The standard InChI is InChI=1S/C38H56N10O12S/c1-21(43-36(57)23(17-32(53)54)16-29(50)48-60)35(56)45-25(15-22-9-3-2-4-10-22)37(58)42-18-30(51)41-19-31(52)44-24(34(39)55)11-7-8-14-40-28(49)13-6-5-12-27-33-26(20-61-27)46-38(59)47-33/h2-4,9-10,21,23-27,33,60H,5-8,11-20H2,1H3,(H2,39,55)(H,40,49)(H,41,51)(H,42,58)(H,43,57)(H,44,52)(H,45,56)(H,48,50)(H,53,54)(H2,46,47,59)/t21-,23?,24-,25-,26-,27-,33-/m0/s1. The van der Waals surface area contributed by atoms with E-state index in [4.69, 9.17) is 16.0 Å². The SMILES string of the molecule is C[C@H](NC(=O)C(CC(=O)O)CC(=O)NO)C(=O)N[C@@H](Cc1ccccc1)C(=O)NCC(=O)NCC(=O)N[C@@H](CCCCNC(=O)CCCC[C@@H]1SC[C@@H]2NC(=O)N[C@@H]21)C(N)=O. The fourth-order valence-electron chi connectivity index (χ4n) is 6.62. The Kier molecular flexibility index (Phi) is 20.7. The van der Waals surface area contributed by atoms with Crippen LogP contribution in [0, 0.1) is 5.92 Å². The predicted molar refractivity (Wildman–Crippen MR) is 218 cm³/mol. The van der Waals surface area contributed by atoms with Crippen LogP contribution in [0.1, 0.15) is 70.3 Å². The second kappa shape index (κ2) is 25.6. The van der Waals surface area contributed by atoms with Gasteiger partial charge in [-0.1, -0.05) is 36.8 Å². The number of primary amides is 1. The number of rotatable bonds is 27. The largest absolute Gasteiger partial charge is 0.481 e. The number of nitrogens with two attached hydrogens (primary N) is 1. The van der Waals surface area contributed by atoms with Gasteiger partial charge in [0.15, 0.2) is 0 Å². The summed E-state index contributed by atoms with van der Waals surface area (Å²) in [6.07, 6.45) is 2.53. The van der Waals surface area contributed by atoms with E-state index < -0.39 is 97.3 Å². The average Bonchev–Trinajstić information content (AvgIpc) is 3.78. The van der Waals surface area contributed by atoms with Gasteiger partial charge in [0.25, 0.3) is 0 Å². The molecule has 0 radical (unpaired) electrons. The first-order valence-electron chi connectivity index (χ1n) is 19.9. The first-order chi connectivity index (χ1) is 29.1. The van der Waals surface area contributed by atoms with Crippen molar-refractivity contribution in [2.75, 3.05) is 25.4 Å². The number of unbranched alkanes of at least 4 members (excludes halogenated alkanes) is 2. The number of fused-ring (bicyclic) bond motifs is 1. The van der Waals surface area contributed by atoms with Gasteiger partial charge in [-0.25, -0.2) is 10.3 Å². The Morgan fingerprint density at radius 3 is 2.20 bits per heavy atom. The maximum atomic E-state index is 13.2. The molecule has 61 heavy (non-hydrogen) atoms. The molecule has 336 valence electrons. The molecule has 22 nitrogen and oxygen atoms in total. The van der Waals surface area contributed by atoms with Gasteiger partial charge in [-0.05, 0) is 44.6 Å². The molecular weight excluding hydrogens is 821 g/mol. The van der Waals surface area contributed by atoms with Gasteiger partial charge in [0.05, 0.1) is 37.5 Å². The molecule has 2 saturated heterocycles. The van der Waals surface area contributed by atoms with Crippen molar-refractivity contribution in [3.8, 4) is 0 Å². The Balaban J connectivity index is 1.37. The molecule has 0 aliphatic carbocycles. The Morgan fingerprint density at radius 1 is 0.787 bits per heavy atom. The highest BCUT2D eigenvalue weighted by Crippen LogP contribution is 2.33. The molecule has 0 spiro atoms. The van der Waals surface area contributed by atoms with Crippen molar-refractivity contribution in [3.05, 3.63) is 35.9 Å². The van der Waals surface area contributed by atoms with Gasteiger partial charge in [-0.15, -0.1) is 0 Å². The zero-order valence-electron chi connectivity index (χ0n) is 33.8. The Bertz CT molecular complexity index is 1740. The van der Waals surface area contributed by atoms with Crippen LogP contribution in [0.25, 0.3) is 0 Å². The van der Waals surface area contributed by atoms with Crippen LogP contribution in [-0.4, -0.2) is 130 Å². The van der Waals surface area contributed by atoms with Crippen molar-refractivity contribution in [1.82, 2.24) is 48.0 Å². The fraction of sp³-hybridized carbons (Fsp3) is 0.579. The average molecular weight is 877 g/mol. The molecule has 3 rings (SSSR count). The molecule has 13 N–H and O–H groups in total. The summed E-state index contributed by atoms with van der Waals surface area (Å²) in [7, 11) is 0. The number of carbonyl (C=O) groups excluding carboxylic acids is 9. The van der Waals surface area contributed by atoms with E-state index in [0.717, 1.165) is 18.6 Å². The van der Waals surface area contributed by atoms with E-state index in [9.17, 15) is 47.9 Å². The second-order valence-corrected chi connectivity index (χ2v) is 16.0. The Labute approximate surface area is 356 Å². The molecule has 2 aliphatic heterocycles.